The van der Waals surface area contributed by atoms with Gasteiger partial charge in [-0.05, 0) is 24.7 Å². The molecule has 0 heterocycles. The molecule has 0 aliphatic carbocycles. The van der Waals surface area contributed by atoms with E-state index in [1.165, 1.54) is 89.9 Å². The molecule has 0 spiro atoms. The van der Waals surface area contributed by atoms with Gasteiger partial charge in [0.05, 0.1) is 13.2 Å². The van der Waals surface area contributed by atoms with Gasteiger partial charge in [0, 0.05) is 19.4 Å². The lowest BCUT2D eigenvalue weighted by Gasteiger charge is -2.19. The van der Waals surface area contributed by atoms with Gasteiger partial charge in [-0.2, -0.15) is 0 Å². The quantitative estimate of drug-likeness (QED) is 0.0400. The molecule has 0 rings (SSSR count). The lowest BCUT2D eigenvalue weighted by molar-refractivity contribution is -0.161. The van der Waals surface area contributed by atoms with E-state index in [1.807, 2.05) is 0 Å². The van der Waals surface area contributed by atoms with Crippen LogP contribution in [0.1, 0.15) is 169 Å². The normalized spacial score (nSPS) is 14.3. The predicted octanol–water partition coefficient (Wildman–Crippen LogP) is 9.43. The van der Waals surface area contributed by atoms with Crippen molar-refractivity contribution in [1.82, 2.24) is 0 Å². The van der Waals surface area contributed by atoms with E-state index < -0.39 is 26.5 Å². The first-order valence-corrected chi connectivity index (χ1v) is 19.8. The van der Waals surface area contributed by atoms with Gasteiger partial charge in [0.1, 0.15) is 6.61 Å². The predicted molar refractivity (Wildman–Crippen MR) is 183 cm³/mol. The number of unbranched alkanes of at least 4 members (excludes halogenated alkanes) is 15. The van der Waals surface area contributed by atoms with Gasteiger partial charge in [-0.25, -0.2) is 4.57 Å². The Morgan fingerprint density at radius 2 is 1.13 bits per heavy atom. The van der Waals surface area contributed by atoms with Crippen molar-refractivity contribution in [2.24, 2.45) is 17.6 Å². The average molecular weight is 664 g/mol. The summed E-state index contributed by atoms with van der Waals surface area (Å²) in [4.78, 5) is 34.6. The molecule has 9 nitrogen and oxygen atoms in total. The zero-order valence-electron chi connectivity index (χ0n) is 29.4. The molecule has 0 saturated heterocycles. The molecular formula is C35H70NO8P. The summed E-state index contributed by atoms with van der Waals surface area (Å²) < 4.78 is 32.6. The summed E-state index contributed by atoms with van der Waals surface area (Å²) in [5.41, 5.74) is 5.32. The topological polar surface area (TPSA) is 134 Å². The fourth-order valence-electron chi connectivity index (χ4n) is 5.09. The SMILES string of the molecule is CC[C@H](C)CCCCCCCCCCC(=O)OC[C@H](COP(=O)(O)OCCN)OC(=O)CCCCCCCCCCCC(C)C. The van der Waals surface area contributed by atoms with Crippen LogP contribution in [0, 0.1) is 11.8 Å². The second-order valence-corrected chi connectivity index (χ2v) is 14.6. The van der Waals surface area contributed by atoms with Crippen molar-refractivity contribution in [3.63, 3.8) is 0 Å². The highest BCUT2D eigenvalue weighted by molar-refractivity contribution is 7.47. The molecule has 0 aromatic heterocycles. The number of rotatable bonds is 33. The standard InChI is InChI=1S/C35H70NO8P/c1-5-32(4)24-20-16-12-9-10-13-17-21-25-34(37)41-29-33(30-43-45(39,40)42-28-27-36)44-35(38)26-22-18-14-8-6-7-11-15-19-23-31(2)3/h31-33H,5-30,36H2,1-4H3,(H,39,40)/t32-,33+/m0/s1. The Hall–Kier alpha value is -0.990. The molecule has 0 bridgehead atoms. The molecule has 45 heavy (non-hydrogen) atoms. The molecule has 268 valence electrons. The van der Waals surface area contributed by atoms with Gasteiger partial charge in [-0.1, -0.05) is 143 Å². The van der Waals surface area contributed by atoms with Crippen LogP contribution in [-0.4, -0.2) is 49.3 Å². The van der Waals surface area contributed by atoms with Crippen LogP contribution in [0.15, 0.2) is 0 Å². The number of nitrogens with two attached hydrogens (primary N) is 1. The number of carbonyl (C=O) groups is 2. The highest BCUT2D eigenvalue weighted by atomic mass is 31.2. The number of hydrogen-bond donors (Lipinski definition) is 2. The van der Waals surface area contributed by atoms with Crippen LogP contribution in [0.3, 0.4) is 0 Å². The summed E-state index contributed by atoms with van der Waals surface area (Å²) in [6.45, 7) is 8.35. The molecule has 0 radical (unpaired) electrons. The Balaban J connectivity index is 4.25. The minimum absolute atomic E-state index is 0.0562. The first kappa shape index (κ1) is 44.0. The Kier molecular flexibility index (Phi) is 29.7. The Morgan fingerprint density at radius 3 is 1.62 bits per heavy atom. The Morgan fingerprint density at radius 1 is 0.667 bits per heavy atom. The molecule has 3 atom stereocenters. The van der Waals surface area contributed by atoms with E-state index in [0.717, 1.165) is 43.9 Å². The number of esters is 2. The number of carbonyl (C=O) groups excluding carboxylic acids is 2. The van der Waals surface area contributed by atoms with E-state index in [9.17, 15) is 19.0 Å². The maximum atomic E-state index is 12.5. The second-order valence-electron chi connectivity index (χ2n) is 13.2. The van der Waals surface area contributed by atoms with Crippen LogP contribution < -0.4 is 5.73 Å². The van der Waals surface area contributed by atoms with E-state index in [2.05, 4.69) is 27.7 Å². The van der Waals surface area contributed by atoms with E-state index in [1.54, 1.807) is 0 Å². The van der Waals surface area contributed by atoms with E-state index in [-0.39, 0.29) is 38.6 Å². The molecule has 3 N–H and O–H groups in total. The number of phosphoric acid groups is 1. The van der Waals surface area contributed by atoms with Crippen LogP contribution in [0.2, 0.25) is 0 Å². The fourth-order valence-corrected chi connectivity index (χ4v) is 5.85. The van der Waals surface area contributed by atoms with Crippen molar-refractivity contribution >= 4 is 19.8 Å². The van der Waals surface area contributed by atoms with Crippen LogP contribution >= 0.6 is 7.82 Å². The Labute approximate surface area is 276 Å². The molecule has 0 fully saturated rings. The third kappa shape index (κ3) is 31.4. The molecule has 0 aliphatic rings. The fraction of sp³-hybridized carbons (Fsp3) is 0.943. The molecule has 0 aromatic carbocycles. The highest BCUT2D eigenvalue weighted by Gasteiger charge is 2.26. The monoisotopic (exact) mass is 663 g/mol. The minimum Gasteiger partial charge on any atom is -0.462 e. The number of hydrogen-bond acceptors (Lipinski definition) is 8. The van der Waals surface area contributed by atoms with Crippen LogP contribution in [0.25, 0.3) is 0 Å². The third-order valence-corrected chi connectivity index (χ3v) is 9.20. The number of phosphoric ester groups is 1. The third-order valence-electron chi connectivity index (χ3n) is 8.21. The molecule has 10 heteroatoms. The second kappa shape index (κ2) is 30.4. The maximum Gasteiger partial charge on any atom is 0.472 e. The molecule has 0 aliphatic heterocycles. The molecule has 0 amide bonds. The summed E-state index contributed by atoms with van der Waals surface area (Å²) in [5, 5.41) is 0. The first-order valence-electron chi connectivity index (χ1n) is 18.3. The van der Waals surface area contributed by atoms with E-state index in [0.29, 0.717) is 6.42 Å². The van der Waals surface area contributed by atoms with Gasteiger partial charge in [-0.15, -0.1) is 0 Å². The molecule has 0 saturated carbocycles. The largest absolute Gasteiger partial charge is 0.472 e. The smallest absolute Gasteiger partial charge is 0.462 e. The van der Waals surface area contributed by atoms with Gasteiger partial charge in [0.2, 0.25) is 0 Å². The van der Waals surface area contributed by atoms with Crippen molar-refractivity contribution in [3.05, 3.63) is 0 Å². The van der Waals surface area contributed by atoms with Crippen molar-refractivity contribution in [2.75, 3.05) is 26.4 Å². The lowest BCUT2D eigenvalue weighted by atomic mass is 9.99. The summed E-state index contributed by atoms with van der Waals surface area (Å²) in [6.07, 6.45) is 22.8. The minimum atomic E-state index is -4.36. The maximum absolute atomic E-state index is 12.5. The van der Waals surface area contributed by atoms with Gasteiger partial charge >= 0.3 is 19.8 Å². The van der Waals surface area contributed by atoms with Crippen molar-refractivity contribution in [2.45, 2.75) is 175 Å². The van der Waals surface area contributed by atoms with Crippen molar-refractivity contribution in [3.8, 4) is 0 Å². The van der Waals surface area contributed by atoms with Gasteiger partial charge < -0.3 is 20.1 Å². The molecule has 0 aromatic rings. The van der Waals surface area contributed by atoms with Gasteiger partial charge in [-0.3, -0.25) is 18.6 Å². The van der Waals surface area contributed by atoms with Gasteiger partial charge in [0.15, 0.2) is 6.10 Å². The first-order chi connectivity index (χ1) is 21.6. The highest BCUT2D eigenvalue weighted by Crippen LogP contribution is 2.43. The molecular weight excluding hydrogens is 593 g/mol. The van der Waals surface area contributed by atoms with Crippen LogP contribution in [-0.2, 0) is 32.7 Å². The van der Waals surface area contributed by atoms with Crippen molar-refractivity contribution < 1.29 is 37.6 Å². The summed E-state index contributed by atoms with van der Waals surface area (Å²) in [6, 6.07) is 0. The van der Waals surface area contributed by atoms with Crippen LogP contribution in [0.4, 0.5) is 0 Å². The van der Waals surface area contributed by atoms with Crippen LogP contribution in [0.5, 0.6) is 0 Å². The van der Waals surface area contributed by atoms with Crippen molar-refractivity contribution in [1.29, 1.82) is 0 Å². The lowest BCUT2D eigenvalue weighted by Crippen LogP contribution is -2.29. The molecule has 1 unspecified atom stereocenters. The summed E-state index contributed by atoms with van der Waals surface area (Å²) >= 11 is 0. The van der Waals surface area contributed by atoms with Gasteiger partial charge in [0.25, 0.3) is 0 Å². The zero-order valence-corrected chi connectivity index (χ0v) is 30.3. The zero-order chi connectivity index (χ0) is 33.6. The van der Waals surface area contributed by atoms with E-state index >= 15 is 0 Å². The average Bonchev–Trinajstić information content (AvgIpc) is 3.00. The summed E-state index contributed by atoms with van der Waals surface area (Å²) in [5.74, 6) is 0.789. The summed E-state index contributed by atoms with van der Waals surface area (Å²) in [7, 11) is -4.36. The Bertz CT molecular complexity index is 751. The number of ether oxygens (including phenoxy) is 2. The van der Waals surface area contributed by atoms with E-state index in [4.69, 9.17) is 24.3 Å².